The first kappa shape index (κ1) is 35.4. The average molecular weight is 702 g/mol. The van der Waals surface area contributed by atoms with Gasteiger partial charge in [0.15, 0.2) is 13.9 Å². The maximum Gasteiger partial charge on any atom is 0.269 e. The lowest BCUT2D eigenvalue weighted by molar-refractivity contribution is -0.385. The lowest BCUT2D eigenvalue weighted by Gasteiger charge is -2.32. The predicted octanol–water partition coefficient (Wildman–Crippen LogP) is 3.29. The van der Waals surface area contributed by atoms with Gasteiger partial charge in [0.05, 0.1) is 42.8 Å². The van der Waals surface area contributed by atoms with Crippen molar-refractivity contribution in [2.75, 3.05) is 42.6 Å². The van der Waals surface area contributed by atoms with Gasteiger partial charge in [-0.25, -0.2) is 0 Å². The molecule has 3 aromatic carbocycles. The van der Waals surface area contributed by atoms with Crippen LogP contribution in [0.3, 0.4) is 0 Å². The number of benzene rings is 3. The van der Waals surface area contributed by atoms with Gasteiger partial charge in [-0.2, -0.15) is 0 Å². The molecule has 0 saturated carbocycles. The van der Waals surface area contributed by atoms with Gasteiger partial charge >= 0.3 is 0 Å². The summed E-state index contributed by atoms with van der Waals surface area (Å²) in [5.41, 5.74) is 0.746. The van der Waals surface area contributed by atoms with Crippen LogP contribution in [0.25, 0.3) is 0 Å². The first-order valence-corrected chi connectivity index (χ1v) is 19.9. The van der Waals surface area contributed by atoms with Crippen LogP contribution in [0.15, 0.2) is 72.8 Å². The molecule has 0 aromatic heterocycles. The fourth-order valence-electron chi connectivity index (χ4n) is 7.90. The molecule has 3 N–H and O–H groups in total. The Morgan fingerprint density at radius 1 is 1.10 bits per heavy atom. The average Bonchev–Trinajstić information content (AvgIpc) is 3.51. The number of amides is 3. The molecule has 3 aliphatic rings. The third-order valence-electron chi connectivity index (χ3n) is 10.2. The Labute approximate surface area is 291 Å². The van der Waals surface area contributed by atoms with Crippen LogP contribution < -0.4 is 15.1 Å². The number of non-ortho nitro benzene ring substituents is 1. The molecule has 0 unspecified atom stereocenters. The van der Waals surface area contributed by atoms with Gasteiger partial charge in [0.1, 0.15) is 0 Å². The van der Waals surface area contributed by atoms with Crippen molar-refractivity contribution in [1.29, 1.82) is 0 Å². The summed E-state index contributed by atoms with van der Waals surface area (Å²) in [4.78, 5) is 69.0. The second kappa shape index (κ2) is 14.0. The molecule has 3 aliphatic heterocycles. The third kappa shape index (κ3) is 6.56. The number of nitrogens with one attached hydrogen (secondary N) is 1. The molecule has 14 heteroatoms. The molecular weight excluding hydrogens is 659 g/mol. The zero-order valence-electron chi connectivity index (χ0n) is 28.4. The highest BCUT2D eigenvalue weighted by Gasteiger charge is 2.66. The van der Waals surface area contributed by atoms with Crippen molar-refractivity contribution >= 4 is 43.1 Å². The number of nitro groups is 1. The fraction of sp³-hybridized carbons (Fsp3) is 0.417. The van der Waals surface area contributed by atoms with Crippen LogP contribution >= 0.6 is 0 Å². The number of nitro benzene ring substituents is 1. The van der Waals surface area contributed by atoms with Crippen molar-refractivity contribution in [3.05, 3.63) is 99.6 Å². The fourth-order valence-corrected chi connectivity index (χ4v) is 10.5. The van der Waals surface area contributed by atoms with Gasteiger partial charge in [0.2, 0.25) is 11.8 Å². The Kier molecular flexibility index (Phi) is 9.92. The first-order valence-electron chi connectivity index (χ1n) is 16.9. The summed E-state index contributed by atoms with van der Waals surface area (Å²) < 4.78 is 6.76. The summed E-state index contributed by atoms with van der Waals surface area (Å²) in [6.45, 7) is 7.06. The van der Waals surface area contributed by atoms with Crippen molar-refractivity contribution in [3.8, 4) is 0 Å². The van der Waals surface area contributed by atoms with Crippen molar-refractivity contribution < 1.29 is 33.9 Å². The predicted molar refractivity (Wildman–Crippen MR) is 189 cm³/mol. The number of piperazine rings is 1. The summed E-state index contributed by atoms with van der Waals surface area (Å²) >= 11 is 0. The van der Waals surface area contributed by atoms with Crippen LogP contribution in [-0.4, -0.2) is 84.7 Å². The molecule has 50 heavy (non-hydrogen) atoms. The van der Waals surface area contributed by atoms with Crippen molar-refractivity contribution in [2.24, 2.45) is 5.92 Å². The van der Waals surface area contributed by atoms with E-state index in [9.17, 15) is 34.4 Å². The molecule has 3 heterocycles. The minimum Gasteiger partial charge on any atom is -0.432 e. The van der Waals surface area contributed by atoms with E-state index in [0.717, 1.165) is 16.8 Å². The second-order valence-electron chi connectivity index (χ2n) is 13.8. The van der Waals surface area contributed by atoms with Crippen LogP contribution in [-0.2, 0) is 37.8 Å². The highest BCUT2D eigenvalue weighted by atomic mass is 28.4. The Hall–Kier alpha value is -4.47. The zero-order chi connectivity index (χ0) is 35.8. The number of ether oxygens (including phenoxy) is 1. The number of hydrogen-bond donors (Lipinski definition) is 3. The number of nitrogens with zero attached hydrogens (tertiary/aromatic N) is 4. The van der Waals surface area contributed by atoms with Crippen LogP contribution in [0, 0.1) is 16.0 Å². The third-order valence-corrected chi connectivity index (χ3v) is 12.7. The van der Waals surface area contributed by atoms with Crippen LogP contribution in [0.1, 0.15) is 30.0 Å². The highest BCUT2D eigenvalue weighted by Crippen LogP contribution is 2.60. The number of carbonyl (C=O) groups excluding carboxylic acids is 3. The van der Waals surface area contributed by atoms with Crippen molar-refractivity contribution in [3.63, 3.8) is 0 Å². The van der Waals surface area contributed by atoms with Gasteiger partial charge in [0.25, 0.3) is 11.6 Å². The molecule has 0 radical (unpaired) electrons. The summed E-state index contributed by atoms with van der Waals surface area (Å²) in [7, 11) is -3.14. The normalized spacial score (nSPS) is 23.4. The number of hydrogen-bond acceptors (Lipinski definition) is 9. The second-order valence-corrected chi connectivity index (χ2v) is 17.8. The molecule has 6 rings (SSSR count). The van der Waals surface area contributed by atoms with E-state index in [1.54, 1.807) is 29.0 Å². The van der Waals surface area contributed by atoms with Crippen LogP contribution in [0.5, 0.6) is 0 Å². The number of aliphatic hydroxyl groups excluding tert-OH is 1. The van der Waals surface area contributed by atoms with Gasteiger partial charge in [-0.05, 0) is 42.4 Å². The molecule has 2 fully saturated rings. The number of aliphatic hydroxyl groups is 1. The topological polar surface area (TPSA) is 166 Å². The van der Waals surface area contributed by atoms with Gasteiger partial charge < -0.3 is 34.7 Å². The maximum atomic E-state index is 14.8. The Balaban J connectivity index is 1.34. The Bertz CT molecular complexity index is 1770. The molecule has 2 saturated heterocycles. The SMILES string of the molecule is C[C@@H]1[C@@H]([Si](C)(C)O)[C@H](CC(=O)N(CCO)Cc2ccccc2)O[C@@]12C(=O)N(Cc1ccc(N3CCNCC3=O)cc1)c1ccc([N+](=O)[O-])cc12. The van der Waals surface area contributed by atoms with Gasteiger partial charge in [-0.15, -0.1) is 0 Å². The van der Waals surface area contributed by atoms with Crippen LogP contribution in [0.4, 0.5) is 17.1 Å². The van der Waals surface area contributed by atoms with E-state index in [1.165, 1.54) is 17.0 Å². The molecule has 4 atom stereocenters. The van der Waals surface area contributed by atoms with Crippen molar-refractivity contribution in [1.82, 2.24) is 10.2 Å². The van der Waals surface area contributed by atoms with Crippen LogP contribution in [0.2, 0.25) is 18.6 Å². The minimum absolute atomic E-state index is 0.0268. The molecule has 264 valence electrons. The summed E-state index contributed by atoms with van der Waals surface area (Å²) in [6, 6.07) is 21.1. The lowest BCUT2D eigenvalue weighted by Crippen LogP contribution is -2.48. The summed E-state index contributed by atoms with van der Waals surface area (Å²) in [5, 5.41) is 24.8. The number of anilines is 2. The maximum absolute atomic E-state index is 14.8. The van der Waals surface area contributed by atoms with E-state index in [1.807, 2.05) is 61.5 Å². The summed E-state index contributed by atoms with van der Waals surface area (Å²) in [5.74, 6) is -1.38. The largest absolute Gasteiger partial charge is 0.432 e. The molecule has 13 nitrogen and oxygen atoms in total. The minimum atomic E-state index is -3.14. The number of rotatable bonds is 11. The number of carbonyl (C=O) groups is 3. The quantitative estimate of drug-likeness (QED) is 0.155. The monoisotopic (exact) mass is 701 g/mol. The van der Waals surface area contributed by atoms with E-state index < -0.39 is 42.3 Å². The highest BCUT2D eigenvalue weighted by molar-refractivity contribution is 6.71. The van der Waals surface area contributed by atoms with Gasteiger partial charge in [0, 0.05) is 61.0 Å². The summed E-state index contributed by atoms with van der Waals surface area (Å²) in [6.07, 6.45) is -1.02. The van der Waals surface area contributed by atoms with Crippen molar-refractivity contribution in [2.45, 2.75) is 56.8 Å². The molecule has 1 spiro atoms. The molecular formula is C36H43N5O8Si. The molecule has 3 amide bonds. The van der Waals surface area contributed by atoms with E-state index in [0.29, 0.717) is 24.3 Å². The van der Waals surface area contributed by atoms with Gasteiger partial charge in [-0.1, -0.05) is 49.4 Å². The Morgan fingerprint density at radius 2 is 1.82 bits per heavy atom. The van der Waals surface area contributed by atoms with E-state index in [-0.39, 0.29) is 56.7 Å². The molecule has 0 aliphatic carbocycles. The zero-order valence-corrected chi connectivity index (χ0v) is 29.4. The van der Waals surface area contributed by atoms with E-state index in [2.05, 4.69) is 5.32 Å². The molecule has 0 bridgehead atoms. The standard InChI is InChI=1S/C36H43N5O8Si/c1-24-34(50(2,3)48)31(20-32(43)38(17-18-42)22-25-7-5-4-6-8-25)49-36(24)29-19-28(41(46)47)13-14-30(29)40(35(36)45)23-26-9-11-27(12-10-26)39-16-15-37-21-33(39)44/h4-14,19,24,31,34,37,42,48H,15-18,20-23H2,1-3H3/t24-,31+,34-,36+/m1/s1. The molecule has 3 aromatic rings. The van der Waals surface area contributed by atoms with E-state index >= 15 is 0 Å². The Morgan fingerprint density at radius 3 is 2.46 bits per heavy atom. The van der Waals surface area contributed by atoms with E-state index in [4.69, 9.17) is 4.74 Å². The number of fused-ring (bicyclic) bond motifs is 2. The first-order chi connectivity index (χ1) is 23.8. The smallest absolute Gasteiger partial charge is 0.269 e. The van der Waals surface area contributed by atoms with Gasteiger partial charge in [-0.3, -0.25) is 24.5 Å². The lowest BCUT2D eigenvalue weighted by atomic mass is 9.82.